The number of anilines is 3. The SMILES string of the molecule is c1ccc(-c2ccc(-n3c4ccccc4c4ccc(-c5ccccc5N(c5cccc6ccccc56)c5cccc6ccccc56)cc43)cc2)cc1. The van der Waals surface area contributed by atoms with Crippen LogP contribution in [0.5, 0.6) is 0 Å². The minimum Gasteiger partial charge on any atom is -0.309 e. The Hall–Kier alpha value is -6.90. The fraction of sp³-hybridized carbons (Fsp3) is 0. The van der Waals surface area contributed by atoms with Gasteiger partial charge in [0.05, 0.1) is 28.1 Å². The van der Waals surface area contributed by atoms with Crippen LogP contribution in [0.1, 0.15) is 0 Å². The van der Waals surface area contributed by atoms with Gasteiger partial charge in [-0.15, -0.1) is 0 Å². The number of aromatic nitrogens is 1. The van der Waals surface area contributed by atoms with E-state index in [-0.39, 0.29) is 0 Å². The second-order valence-electron chi connectivity index (χ2n) is 13.3. The van der Waals surface area contributed by atoms with E-state index in [1.165, 1.54) is 65.6 Å². The third-order valence-electron chi connectivity index (χ3n) is 10.4. The summed E-state index contributed by atoms with van der Waals surface area (Å²) in [7, 11) is 0. The Morgan fingerprint density at radius 2 is 0.808 bits per heavy atom. The van der Waals surface area contributed by atoms with E-state index < -0.39 is 0 Å². The van der Waals surface area contributed by atoms with E-state index in [9.17, 15) is 0 Å². The van der Waals surface area contributed by atoms with Crippen LogP contribution < -0.4 is 4.90 Å². The van der Waals surface area contributed by atoms with Gasteiger partial charge in [0.1, 0.15) is 0 Å². The van der Waals surface area contributed by atoms with E-state index in [4.69, 9.17) is 0 Å². The summed E-state index contributed by atoms with van der Waals surface area (Å²) < 4.78 is 2.42. The van der Waals surface area contributed by atoms with Crippen molar-refractivity contribution in [2.75, 3.05) is 4.90 Å². The highest BCUT2D eigenvalue weighted by molar-refractivity contribution is 6.11. The summed E-state index contributed by atoms with van der Waals surface area (Å²) in [4.78, 5) is 2.46. The van der Waals surface area contributed by atoms with E-state index in [2.05, 4.69) is 216 Å². The highest BCUT2D eigenvalue weighted by atomic mass is 15.1. The Bertz CT molecular complexity index is 2810. The summed E-state index contributed by atoms with van der Waals surface area (Å²) in [6.07, 6.45) is 0. The Morgan fingerprint density at radius 1 is 0.308 bits per heavy atom. The maximum Gasteiger partial charge on any atom is 0.0547 e. The molecule has 0 atom stereocenters. The summed E-state index contributed by atoms with van der Waals surface area (Å²) in [6.45, 7) is 0. The highest BCUT2D eigenvalue weighted by Gasteiger charge is 2.22. The molecule has 0 amide bonds. The molecular formula is C50H34N2. The van der Waals surface area contributed by atoms with Gasteiger partial charge in [0.15, 0.2) is 0 Å². The normalized spacial score (nSPS) is 11.5. The molecule has 0 aliphatic heterocycles. The van der Waals surface area contributed by atoms with Gasteiger partial charge in [-0.25, -0.2) is 0 Å². The van der Waals surface area contributed by atoms with Crippen LogP contribution in [-0.4, -0.2) is 4.57 Å². The van der Waals surface area contributed by atoms with Crippen molar-refractivity contribution in [3.8, 4) is 27.9 Å². The van der Waals surface area contributed by atoms with Crippen molar-refractivity contribution in [3.05, 3.63) is 206 Å². The Morgan fingerprint density at radius 3 is 1.52 bits per heavy atom. The van der Waals surface area contributed by atoms with Crippen LogP contribution in [0.25, 0.3) is 71.3 Å². The first kappa shape index (κ1) is 30.0. The number of hydrogen-bond acceptors (Lipinski definition) is 1. The lowest BCUT2D eigenvalue weighted by atomic mass is 9.98. The molecule has 10 rings (SSSR count). The van der Waals surface area contributed by atoms with Gasteiger partial charge in [0, 0.05) is 32.8 Å². The monoisotopic (exact) mass is 662 g/mol. The van der Waals surface area contributed by atoms with Crippen LogP contribution in [0.4, 0.5) is 17.1 Å². The number of hydrogen-bond donors (Lipinski definition) is 0. The van der Waals surface area contributed by atoms with Crippen molar-refractivity contribution in [1.29, 1.82) is 0 Å². The molecule has 2 heteroatoms. The van der Waals surface area contributed by atoms with Gasteiger partial charge in [0.2, 0.25) is 0 Å². The summed E-state index contributed by atoms with van der Waals surface area (Å²) in [5.74, 6) is 0. The first-order chi connectivity index (χ1) is 25.8. The number of rotatable bonds is 6. The molecule has 2 nitrogen and oxygen atoms in total. The van der Waals surface area contributed by atoms with Gasteiger partial charge in [-0.2, -0.15) is 0 Å². The summed E-state index contributed by atoms with van der Waals surface area (Å²) in [5.41, 5.74) is 11.7. The molecule has 0 N–H and O–H groups in total. The van der Waals surface area contributed by atoms with Crippen molar-refractivity contribution in [3.63, 3.8) is 0 Å². The quantitative estimate of drug-likeness (QED) is 0.172. The lowest BCUT2D eigenvalue weighted by molar-refractivity contribution is 1.18. The average molecular weight is 663 g/mol. The molecule has 0 radical (unpaired) electrons. The smallest absolute Gasteiger partial charge is 0.0547 e. The molecule has 0 bridgehead atoms. The predicted octanol–water partition coefficient (Wildman–Crippen LogP) is 13.9. The molecule has 0 unspecified atom stereocenters. The molecule has 10 aromatic rings. The molecular weight excluding hydrogens is 629 g/mol. The maximum atomic E-state index is 2.46. The molecule has 0 saturated heterocycles. The van der Waals surface area contributed by atoms with Gasteiger partial charge in [-0.1, -0.05) is 164 Å². The topological polar surface area (TPSA) is 8.17 Å². The van der Waals surface area contributed by atoms with Gasteiger partial charge in [-0.3, -0.25) is 0 Å². The minimum absolute atomic E-state index is 1.13. The van der Waals surface area contributed by atoms with E-state index in [1.54, 1.807) is 0 Å². The molecule has 52 heavy (non-hydrogen) atoms. The molecule has 0 saturated carbocycles. The van der Waals surface area contributed by atoms with Crippen LogP contribution in [0, 0.1) is 0 Å². The first-order valence-electron chi connectivity index (χ1n) is 17.9. The molecule has 9 aromatic carbocycles. The summed E-state index contributed by atoms with van der Waals surface area (Å²) >= 11 is 0. The van der Waals surface area contributed by atoms with Crippen LogP contribution in [0.2, 0.25) is 0 Å². The predicted molar refractivity (Wildman–Crippen MR) is 221 cm³/mol. The van der Waals surface area contributed by atoms with Crippen LogP contribution in [-0.2, 0) is 0 Å². The van der Waals surface area contributed by atoms with E-state index in [0.717, 1.165) is 22.7 Å². The maximum absolute atomic E-state index is 2.46. The molecule has 1 heterocycles. The average Bonchev–Trinajstić information content (AvgIpc) is 3.55. The summed E-state index contributed by atoms with van der Waals surface area (Å²) in [5, 5.41) is 7.34. The largest absolute Gasteiger partial charge is 0.309 e. The lowest BCUT2D eigenvalue weighted by Crippen LogP contribution is -2.12. The van der Waals surface area contributed by atoms with E-state index in [0.29, 0.717) is 0 Å². The number of para-hydroxylation sites is 2. The standard InChI is InChI=1S/C50H34N2/c1-2-14-35(15-3-1)36-28-31-40(32-29-36)51-49-25-11-9-23-44(49)45-33-30-39(34-50(45)51)43-22-8-10-24-46(43)52(47-26-12-18-37-16-4-6-20-41(37)47)48-27-13-19-38-17-5-7-21-42(38)48/h1-34H. The van der Waals surface area contributed by atoms with Crippen LogP contribution in [0.3, 0.4) is 0 Å². The van der Waals surface area contributed by atoms with Crippen molar-refractivity contribution in [2.45, 2.75) is 0 Å². The lowest BCUT2D eigenvalue weighted by Gasteiger charge is -2.30. The fourth-order valence-corrected chi connectivity index (χ4v) is 7.96. The van der Waals surface area contributed by atoms with E-state index in [1.807, 2.05) is 0 Å². The van der Waals surface area contributed by atoms with E-state index >= 15 is 0 Å². The fourth-order valence-electron chi connectivity index (χ4n) is 7.96. The molecule has 1 aromatic heterocycles. The molecule has 0 aliphatic rings. The molecule has 0 aliphatic carbocycles. The van der Waals surface area contributed by atoms with Gasteiger partial charge >= 0.3 is 0 Å². The third-order valence-corrected chi connectivity index (χ3v) is 10.4. The second-order valence-corrected chi connectivity index (χ2v) is 13.3. The number of benzene rings is 9. The highest BCUT2D eigenvalue weighted by Crippen LogP contribution is 2.46. The van der Waals surface area contributed by atoms with Crippen molar-refractivity contribution < 1.29 is 0 Å². The number of fused-ring (bicyclic) bond motifs is 5. The zero-order valence-electron chi connectivity index (χ0n) is 28.5. The zero-order valence-corrected chi connectivity index (χ0v) is 28.5. The second kappa shape index (κ2) is 12.5. The van der Waals surface area contributed by atoms with Crippen molar-refractivity contribution in [2.24, 2.45) is 0 Å². The summed E-state index contributed by atoms with van der Waals surface area (Å²) in [6, 6.07) is 74.7. The zero-order chi connectivity index (χ0) is 34.4. The third kappa shape index (κ3) is 4.96. The van der Waals surface area contributed by atoms with Crippen molar-refractivity contribution >= 4 is 60.4 Å². The Kier molecular flexibility index (Phi) is 7.18. The molecule has 244 valence electrons. The molecule has 0 fully saturated rings. The Balaban J connectivity index is 1.20. The van der Waals surface area contributed by atoms with Gasteiger partial charge < -0.3 is 9.47 Å². The van der Waals surface area contributed by atoms with Crippen molar-refractivity contribution in [1.82, 2.24) is 4.57 Å². The number of nitrogens with zero attached hydrogens (tertiary/aromatic N) is 2. The molecule has 0 spiro atoms. The van der Waals surface area contributed by atoms with Crippen LogP contribution in [0.15, 0.2) is 206 Å². The van der Waals surface area contributed by atoms with Crippen LogP contribution >= 0.6 is 0 Å². The van der Waals surface area contributed by atoms with Gasteiger partial charge in [0.25, 0.3) is 0 Å². The minimum atomic E-state index is 1.13. The first-order valence-corrected chi connectivity index (χ1v) is 17.9. The Labute approximate surface area is 303 Å². The van der Waals surface area contributed by atoms with Gasteiger partial charge in [-0.05, 0) is 69.9 Å².